The maximum absolute atomic E-state index is 9.00. The van der Waals surface area contributed by atoms with Crippen molar-refractivity contribution < 1.29 is 39.3 Å². The first-order valence-corrected chi connectivity index (χ1v) is 5.65. The largest absolute Gasteiger partial charge is 0.481 e. The average molecular weight is 342 g/mol. The van der Waals surface area contributed by atoms with E-state index in [0.717, 1.165) is 25.2 Å². The average Bonchev–Trinajstić information content (AvgIpc) is 2.39. The van der Waals surface area contributed by atoms with Crippen LogP contribution in [-0.4, -0.2) is 32.1 Å². The van der Waals surface area contributed by atoms with Gasteiger partial charge in [-0.25, -0.2) is 0 Å². The summed E-state index contributed by atoms with van der Waals surface area (Å²) in [4.78, 5) is 26.4. The Hall–Kier alpha value is -2.14. The molecule has 0 amide bonds. The number of aliphatic carboxylic acids is 2. The van der Waals surface area contributed by atoms with E-state index in [1.807, 2.05) is 36.4 Å². The van der Waals surface area contributed by atoms with Gasteiger partial charge in [0.1, 0.15) is 0 Å². The minimum Gasteiger partial charge on any atom is -0.481 e. The fourth-order valence-corrected chi connectivity index (χ4v) is 1.03. The predicted octanol–water partition coefficient (Wildman–Crippen LogP) is 2.32. The predicted molar refractivity (Wildman–Crippen MR) is 74.1 cm³/mol. The molecular formula is C14H16N2O4Zn. The number of carboxylic acid groups (broad SMARTS) is 2. The monoisotopic (exact) mass is 340 g/mol. The molecule has 2 aromatic heterocycles. The number of nitrogens with zero attached hydrogens (tertiary/aromatic N) is 2. The van der Waals surface area contributed by atoms with Crippen molar-refractivity contribution in [1.29, 1.82) is 0 Å². The van der Waals surface area contributed by atoms with Crippen molar-refractivity contribution in [2.45, 2.75) is 13.8 Å². The second-order valence-corrected chi connectivity index (χ2v) is 3.47. The Balaban J connectivity index is 0. The number of hydrogen-bond donors (Lipinski definition) is 2. The van der Waals surface area contributed by atoms with Gasteiger partial charge in [-0.05, 0) is 24.3 Å². The molecule has 0 bridgehead atoms. The topological polar surface area (TPSA) is 100 Å². The van der Waals surface area contributed by atoms with Gasteiger partial charge < -0.3 is 10.2 Å². The van der Waals surface area contributed by atoms with Crippen LogP contribution in [0.25, 0.3) is 11.4 Å². The van der Waals surface area contributed by atoms with Crippen molar-refractivity contribution in [2.24, 2.45) is 0 Å². The van der Waals surface area contributed by atoms with Crippen LogP contribution in [0.2, 0.25) is 0 Å². The van der Waals surface area contributed by atoms with Crippen molar-refractivity contribution in [3.8, 4) is 11.4 Å². The molecule has 0 aliphatic rings. The van der Waals surface area contributed by atoms with Gasteiger partial charge in [-0.3, -0.25) is 19.6 Å². The third-order valence-electron chi connectivity index (χ3n) is 1.59. The number of hydrogen-bond acceptors (Lipinski definition) is 4. The molecule has 2 aromatic rings. The smallest absolute Gasteiger partial charge is 0.300 e. The fourth-order valence-electron chi connectivity index (χ4n) is 1.03. The number of pyridine rings is 2. The first kappa shape index (κ1) is 21.2. The molecule has 2 rings (SSSR count). The Kier molecular flexibility index (Phi) is 13.0. The van der Waals surface area contributed by atoms with Crippen LogP contribution in [0.5, 0.6) is 0 Å². The van der Waals surface area contributed by atoms with E-state index in [-0.39, 0.29) is 19.5 Å². The molecule has 21 heavy (non-hydrogen) atoms. The quantitative estimate of drug-likeness (QED) is 0.772. The molecule has 6 nitrogen and oxygen atoms in total. The number of carboxylic acids is 2. The molecule has 0 radical (unpaired) electrons. The summed E-state index contributed by atoms with van der Waals surface area (Å²) < 4.78 is 0. The van der Waals surface area contributed by atoms with Gasteiger partial charge in [0, 0.05) is 45.7 Å². The minimum absolute atomic E-state index is 0. The van der Waals surface area contributed by atoms with E-state index >= 15 is 0 Å². The molecule has 0 aliphatic heterocycles. The maximum atomic E-state index is 9.00. The molecule has 2 heterocycles. The maximum Gasteiger partial charge on any atom is 0.300 e. The second-order valence-electron chi connectivity index (χ2n) is 3.47. The summed E-state index contributed by atoms with van der Waals surface area (Å²) in [6, 6.07) is 11.6. The molecule has 0 saturated carbocycles. The molecule has 0 atom stereocenters. The standard InChI is InChI=1S/C10H8N2.2C2H4O2.Zn/c1-3-7-11-9(5-1)10-6-2-4-8-12-10;2*1-2(3)4;/h1-8H;2*1H3,(H,3,4);. The molecule has 108 valence electrons. The summed E-state index contributed by atoms with van der Waals surface area (Å²) in [7, 11) is 0. The van der Waals surface area contributed by atoms with Crippen LogP contribution in [0.3, 0.4) is 0 Å². The van der Waals surface area contributed by atoms with Gasteiger partial charge in [-0.2, -0.15) is 0 Å². The molecule has 0 spiro atoms. The third-order valence-corrected chi connectivity index (χ3v) is 1.59. The Bertz CT molecular complexity index is 464. The van der Waals surface area contributed by atoms with Crippen molar-refractivity contribution in [3.63, 3.8) is 0 Å². The Morgan fingerprint density at radius 1 is 0.810 bits per heavy atom. The molecule has 7 heteroatoms. The van der Waals surface area contributed by atoms with E-state index in [0.29, 0.717) is 0 Å². The van der Waals surface area contributed by atoms with Crippen LogP contribution in [0.15, 0.2) is 48.8 Å². The van der Waals surface area contributed by atoms with Crippen molar-refractivity contribution in [2.75, 3.05) is 0 Å². The Morgan fingerprint density at radius 2 is 1.10 bits per heavy atom. The molecule has 0 aromatic carbocycles. The van der Waals surface area contributed by atoms with Crippen LogP contribution in [0, 0.1) is 0 Å². The molecule has 0 saturated heterocycles. The first-order valence-electron chi connectivity index (χ1n) is 5.65. The van der Waals surface area contributed by atoms with Crippen LogP contribution in [0.4, 0.5) is 0 Å². The van der Waals surface area contributed by atoms with E-state index < -0.39 is 11.9 Å². The zero-order valence-corrected chi connectivity index (χ0v) is 14.9. The van der Waals surface area contributed by atoms with Gasteiger partial charge in [0.2, 0.25) is 0 Å². The molecule has 2 N–H and O–H groups in total. The molecule has 0 unspecified atom stereocenters. The zero-order valence-electron chi connectivity index (χ0n) is 11.9. The van der Waals surface area contributed by atoms with E-state index in [4.69, 9.17) is 19.8 Å². The van der Waals surface area contributed by atoms with Crippen molar-refractivity contribution in [3.05, 3.63) is 48.8 Å². The van der Waals surface area contributed by atoms with Crippen LogP contribution < -0.4 is 0 Å². The van der Waals surface area contributed by atoms with Crippen LogP contribution in [-0.2, 0) is 29.1 Å². The summed E-state index contributed by atoms with van der Waals surface area (Å²) in [5, 5.41) is 14.8. The zero-order chi connectivity index (χ0) is 15.4. The normalized spacial score (nSPS) is 7.90. The first-order chi connectivity index (χ1) is 9.43. The van der Waals surface area contributed by atoms with E-state index in [1.165, 1.54) is 0 Å². The summed E-state index contributed by atoms with van der Waals surface area (Å²) in [5.41, 5.74) is 1.83. The number of carbonyl (C=O) groups is 2. The van der Waals surface area contributed by atoms with E-state index in [2.05, 4.69) is 9.97 Å². The molecular weight excluding hydrogens is 326 g/mol. The summed E-state index contributed by atoms with van der Waals surface area (Å²) in [6.45, 7) is 2.17. The van der Waals surface area contributed by atoms with Gasteiger partial charge in [0.25, 0.3) is 11.9 Å². The Labute approximate surface area is 135 Å². The van der Waals surface area contributed by atoms with Crippen LogP contribution >= 0.6 is 0 Å². The Morgan fingerprint density at radius 3 is 1.29 bits per heavy atom. The molecule has 0 fully saturated rings. The summed E-state index contributed by atoms with van der Waals surface area (Å²) >= 11 is 0. The van der Waals surface area contributed by atoms with E-state index in [1.54, 1.807) is 12.4 Å². The van der Waals surface area contributed by atoms with Gasteiger partial charge in [0.05, 0.1) is 11.4 Å². The minimum atomic E-state index is -0.833. The summed E-state index contributed by atoms with van der Waals surface area (Å²) in [5.74, 6) is -1.67. The number of aromatic nitrogens is 2. The van der Waals surface area contributed by atoms with Gasteiger partial charge >= 0.3 is 0 Å². The second kappa shape index (κ2) is 12.9. The fraction of sp³-hybridized carbons (Fsp3) is 0.143. The van der Waals surface area contributed by atoms with E-state index in [9.17, 15) is 0 Å². The van der Waals surface area contributed by atoms with Crippen molar-refractivity contribution >= 4 is 11.9 Å². The van der Waals surface area contributed by atoms with Crippen molar-refractivity contribution in [1.82, 2.24) is 9.97 Å². The third kappa shape index (κ3) is 14.1. The molecule has 0 aliphatic carbocycles. The summed E-state index contributed by atoms with van der Waals surface area (Å²) in [6.07, 6.45) is 3.54. The van der Waals surface area contributed by atoms with Crippen LogP contribution in [0.1, 0.15) is 13.8 Å². The van der Waals surface area contributed by atoms with Gasteiger partial charge in [-0.1, -0.05) is 12.1 Å². The number of rotatable bonds is 1. The van der Waals surface area contributed by atoms with Gasteiger partial charge in [-0.15, -0.1) is 0 Å². The van der Waals surface area contributed by atoms with Gasteiger partial charge in [0.15, 0.2) is 0 Å². The SMILES string of the molecule is CC(=O)O.CC(=O)O.[Zn].c1ccc(-c2ccccn2)nc1.